The fraction of sp³-hybridized carbons (Fsp3) is 0.438. The van der Waals surface area contributed by atoms with Crippen LogP contribution in [0.4, 0.5) is 0 Å². The van der Waals surface area contributed by atoms with Gasteiger partial charge in [0.05, 0.1) is 0 Å². The van der Waals surface area contributed by atoms with Gasteiger partial charge in [-0.05, 0) is 12.1 Å². The number of para-hydroxylation sites is 1. The molecule has 1 atom stereocenters. The van der Waals surface area contributed by atoms with Crippen molar-refractivity contribution < 1.29 is 17.9 Å². The Labute approximate surface area is 140 Å². The number of carbonyl (C=O) groups is 1. The molecule has 2 aliphatic heterocycles. The maximum absolute atomic E-state index is 12.2. The molecule has 0 fully saturated rings. The standard InChI is InChI=1S/C16H17N3O4S/c1-2-3-8-16(18-19-16)9-10-17-15(20)13-11-24(21,22)14-7-5-4-6-12(14)23-13/h1,4-7,13H,3,8-11H2,(H,17,20). The number of benzene rings is 1. The van der Waals surface area contributed by atoms with Crippen LogP contribution in [-0.2, 0) is 14.6 Å². The molecular formula is C16H17N3O4S. The highest BCUT2D eigenvalue weighted by Gasteiger charge is 2.39. The first kappa shape index (κ1) is 16.5. The molecule has 2 aliphatic rings. The lowest BCUT2D eigenvalue weighted by atomic mass is 10.0. The molecule has 7 nitrogen and oxygen atoms in total. The van der Waals surface area contributed by atoms with Gasteiger partial charge in [0.2, 0.25) is 0 Å². The smallest absolute Gasteiger partial charge is 0.262 e. The molecule has 126 valence electrons. The summed E-state index contributed by atoms with van der Waals surface area (Å²) in [6, 6.07) is 6.31. The fourth-order valence-electron chi connectivity index (χ4n) is 2.58. The van der Waals surface area contributed by atoms with E-state index >= 15 is 0 Å². The Morgan fingerprint density at radius 3 is 2.83 bits per heavy atom. The van der Waals surface area contributed by atoms with Crippen molar-refractivity contribution in [3.05, 3.63) is 24.3 Å². The first-order chi connectivity index (χ1) is 11.5. The number of hydrogen-bond donors (Lipinski definition) is 1. The molecule has 0 aromatic heterocycles. The molecule has 0 bridgehead atoms. The molecule has 0 spiro atoms. The SMILES string of the molecule is C#CCCC1(CCNC(=O)C2CS(=O)(=O)c3ccccc3O2)N=N1. The predicted molar refractivity (Wildman–Crippen MR) is 86.2 cm³/mol. The number of carbonyl (C=O) groups excluding carboxylic acids is 1. The van der Waals surface area contributed by atoms with Crippen LogP contribution in [0, 0.1) is 12.3 Å². The number of terminal acetylenes is 1. The first-order valence-corrected chi connectivity index (χ1v) is 9.25. The van der Waals surface area contributed by atoms with Crippen LogP contribution in [0.3, 0.4) is 0 Å². The van der Waals surface area contributed by atoms with Crippen LogP contribution < -0.4 is 10.1 Å². The molecule has 1 N–H and O–H groups in total. The van der Waals surface area contributed by atoms with Crippen LogP contribution in [0.15, 0.2) is 39.4 Å². The Bertz CT molecular complexity index is 820. The third-order valence-corrected chi connectivity index (χ3v) is 5.74. The fourth-order valence-corrected chi connectivity index (χ4v) is 4.08. The average molecular weight is 347 g/mol. The van der Waals surface area contributed by atoms with Gasteiger partial charge in [-0.2, -0.15) is 10.2 Å². The quantitative estimate of drug-likeness (QED) is 0.785. The highest BCUT2D eigenvalue weighted by atomic mass is 32.2. The average Bonchev–Trinajstić information content (AvgIpc) is 3.32. The van der Waals surface area contributed by atoms with Crippen molar-refractivity contribution in [2.45, 2.75) is 35.9 Å². The van der Waals surface area contributed by atoms with Crippen LogP contribution in [0.5, 0.6) is 5.75 Å². The number of sulfone groups is 1. The minimum atomic E-state index is -3.53. The Morgan fingerprint density at radius 1 is 1.38 bits per heavy atom. The van der Waals surface area contributed by atoms with Crippen LogP contribution in [-0.4, -0.2) is 38.4 Å². The second-order valence-corrected chi connectivity index (χ2v) is 7.76. The predicted octanol–water partition coefficient (Wildman–Crippen LogP) is 1.30. The van der Waals surface area contributed by atoms with Gasteiger partial charge in [0.15, 0.2) is 21.6 Å². The second kappa shape index (κ2) is 6.24. The minimum Gasteiger partial charge on any atom is -0.478 e. The summed E-state index contributed by atoms with van der Waals surface area (Å²) in [6.45, 7) is 0.331. The maximum Gasteiger partial charge on any atom is 0.262 e. The normalized spacial score (nSPS) is 21.9. The molecule has 1 amide bonds. The van der Waals surface area contributed by atoms with Gasteiger partial charge in [0, 0.05) is 25.8 Å². The van der Waals surface area contributed by atoms with E-state index in [9.17, 15) is 13.2 Å². The van der Waals surface area contributed by atoms with E-state index in [0.717, 1.165) is 0 Å². The van der Waals surface area contributed by atoms with Gasteiger partial charge in [-0.1, -0.05) is 12.1 Å². The van der Waals surface area contributed by atoms with E-state index < -0.39 is 27.5 Å². The van der Waals surface area contributed by atoms with Crippen molar-refractivity contribution in [1.29, 1.82) is 0 Å². The van der Waals surface area contributed by atoms with Crippen LogP contribution >= 0.6 is 0 Å². The summed E-state index contributed by atoms with van der Waals surface area (Å²) in [6.07, 6.45) is 5.93. The largest absolute Gasteiger partial charge is 0.478 e. The summed E-state index contributed by atoms with van der Waals surface area (Å²) in [5, 5.41) is 10.7. The van der Waals surface area contributed by atoms with Crippen LogP contribution in [0.1, 0.15) is 19.3 Å². The van der Waals surface area contributed by atoms with E-state index in [-0.39, 0.29) is 16.4 Å². The first-order valence-electron chi connectivity index (χ1n) is 7.59. The lowest BCUT2D eigenvalue weighted by molar-refractivity contribution is -0.127. The van der Waals surface area contributed by atoms with Gasteiger partial charge in [-0.15, -0.1) is 12.3 Å². The summed E-state index contributed by atoms with van der Waals surface area (Å²) in [5.41, 5.74) is -0.480. The van der Waals surface area contributed by atoms with Gasteiger partial charge >= 0.3 is 0 Å². The van der Waals surface area contributed by atoms with E-state index in [0.29, 0.717) is 25.8 Å². The lowest BCUT2D eigenvalue weighted by Gasteiger charge is -2.25. The van der Waals surface area contributed by atoms with E-state index in [1.807, 2.05) is 0 Å². The third-order valence-electron chi connectivity index (χ3n) is 3.99. The molecule has 0 saturated heterocycles. The molecule has 1 unspecified atom stereocenters. The van der Waals surface area contributed by atoms with Gasteiger partial charge in [0.25, 0.3) is 5.91 Å². The number of fused-ring (bicyclic) bond motifs is 1. The number of amides is 1. The zero-order valence-corrected chi connectivity index (χ0v) is 13.8. The van der Waals surface area contributed by atoms with Crippen LogP contribution in [0.25, 0.3) is 0 Å². The van der Waals surface area contributed by atoms with Gasteiger partial charge in [0.1, 0.15) is 16.4 Å². The molecule has 1 aromatic rings. The maximum atomic E-state index is 12.2. The van der Waals surface area contributed by atoms with E-state index in [1.165, 1.54) is 6.07 Å². The molecule has 2 heterocycles. The molecule has 0 radical (unpaired) electrons. The summed E-state index contributed by atoms with van der Waals surface area (Å²) >= 11 is 0. The highest BCUT2D eigenvalue weighted by molar-refractivity contribution is 7.91. The van der Waals surface area contributed by atoms with Gasteiger partial charge in [-0.3, -0.25) is 4.79 Å². The number of hydrogen-bond acceptors (Lipinski definition) is 6. The summed E-state index contributed by atoms with van der Waals surface area (Å²) in [7, 11) is -3.53. The topological polar surface area (TPSA) is 97.2 Å². The van der Waals surface area contributed by atoms with Crippen molar-refractivity contribution in [2.75, 3.05) is 12.3 Å². The highest BCUT2D eigenvalue weighted by Crippen LogP contribution is 2.36. The number of nitrogens with zero attached hydrogens (tertiary/aromatic N) is 2. The summed E-state index contributed by atoms with van der Waals surface area (Å²) in [4.78, 5) is 12.3. The van der Waals surface area contributed by atoms with Crippen molar-refractivity contribution in [3.8, 4) is 18.1 Å². The summed E-state index contributed by atoms with van der Waals surface area (Å²) in [5.74, 6) is 1.92. The minimum absolute atomic E-state index is 0.123. The van der Waals surface area contributed by atoms with Gasteiger partial charge in [-0.25, -0.2) is 8.42 Å². The second-order valence-electron chi connectivity index (χ2n) is 5.76. The van der Waals surface area contributed by atoms with E-state index in [2.05, 4.69) is 21.5 Å². The summed E-state index contributed by atoms with van der Waals surface area (Å²) < 4.78 is 30.0. The van der Waals surface area contributed by atoms with Crippen molar-refractivity contribution in [3.63, 3.8) is 0 Å². The Morgan fingerprint density at radius 2 is 2.12 bits per heavy atom. The monoisotopic (exact) mass is 347 g/mol. The number of rotatable bonds is 6. The molecule has 0 saturated carbocycles. The van der Waals surface area contributed by atoms with Gasteiger partial charge < -0.3 is 10.1 Å². The molecule has 3 rings (SSSR count). The molecular weight excluding hydrogens is 330 g/mol. The zero-order chi connectivity index (χ0) is 17.2. The van der Waals surface area contributed by atoms with E-state index in [1.54, 1.807) is 18.2 Å². The molecule has 0 aliphatic carbocycles. The Kier molecular flexibility index (Phi) is 4.28. The van der Waals surface area contributed by atoms with Crippen LogP contribution in [0.2, 0.25) is 0 Å². The Hall–Kier alpha value is -2.40. The third kappa shape index (κ3) is 3.41. The molecule has 1 aromatic carbocycles. The number of ether oxygens (including phenoxy) is 1. The van der Waals surface area contributed by atoms with Crippen molar-refractivity contribution >= 4 is 15.7 Å². The number of nitrogens with one attached hydrogen (secondary N) is 1. The zero-order valence-electron chi connectivity index (χ0n) is 12.9. The van der Waals surface area contributed by atoms with Crippen molar-refractivity contribution in [1.82, 2.24) is 5.32 Å². The van der Waals surface area contributed by atoms with Crippen molar-refractivity contribution in [2.24, 2.45) is 10.2 Å². The molecule has 24 heavy (non-hydrogen) atoms. The molecule has 8 heteroatoms. The Balaban J connectivity index is 1.56. The van der Waals surface area contributed by atoms with E-state index in [4.69, 9.17) is 11.2 Å². The lowest BCUT2D eigenvalue weighted by Crippen LogP contribution is -2.45.